The lowest BCUT2D eigenvalue weighted by atomic mass is 9.96. The molecule has 0 aromatic rings. The maximum atomic E-state index is 8.57. The zero-order valence-corrected chi connectivity index (χ0v) is 9.15. The van der Waals surface area contributed by atoms with Crippen molar-refractivity contribution in [2.45, 2.75) is 19.3 Å². The molecule has 1 unspecified atom stereocenters. The molecule has 0 spiro atoms. The first-order valence-corrected chi connectivity index (χ1v) is 5.53. The first-order valence-electron chi connectivity index (χ1n) is 5.12. The predicted octanol–water partition coefficient (Wildman–Crippen LogP) is 0.799. The van der Waals surface area contributed by atoms with Crippen LogP contribution in [0, 0.1) is 5.92 Å². The van der Waals surface area contributed by atoms with Crippen LogP contribution in [0.2, 0.25) is 0 Å². The Balaban J connectivity index is 2.09. The molecule has 1 aliphatic rings. The van der Waals surface area contributed by atoms with E-state index in [1.54, 1.807) is 0 Å². The molecule has 0 fully saturated rings. The van der Waals surface area contributed by atoms with E-state index in [2.05, 4.69) is 22.8 Å². The van der Waals surface area contributed by atoms with Gasteiger partial charge in [-0.15, -0.1) is 0 Å². The zero-order valence-electron chi connectivity index (χ0n) is 8.33. The van der Waals surface area contributed by atoms with Crippen molar-refractivity contribution in [1.82, 2.24) is 10.6 Å². The van der Waals surface area contributed by atoms with Gasteiger partial charge in [0.15, 0.2) is 5.11 Å². The zero-order chi connectivity index (χ0) is 10.2. The Morgan fingerprint density at radius 2 is 2.36 bits per heavy atom. The number of allylic oxidation sites excluding steroid dienone is 1. The highest BCUT2D eigenvalue weighted by atomic mass is 32.1. The summed E-state index contributed by atoms with van der Waals surface area (Å²) in [4.78, 5) is 0. The number of aliphatic hydroxyl groups excluding tert-OH is 1. The molecule has 1 atom stereocenters. The fraction of sp³-hybridized carbons (Fsp3) is 0.700. The molecule has 1 aliphatic carbocycles. The van der Waals surface area contributed by atoms with Gasteiger partial charge >= 0.3 is 0 Å². The standard InChI is InChI=1S/C10H18N2OS/c13-7-6-11-10(14)12-8-9-4-2-1-3-5-9/h2,4,9,13H,1,3,5-8H2,(H2,11,12,14). The summed E-state index contributed by atoms with van der Waals surface area (Å²) in [6, 6.07) is 0. The molecule has 3 nitrogen and oxygen atoms in total. The van der Waals surface area contributed by atoms with Crippen LogP contribution in [-0.4, -0.2) is 29.9 Å². The van der Waals surface area contributed by atoms with E-state index in [-0.39, 0.29) is 6.61 Å². The number of thiocarbonyl (C=S) groups is 1. The van der Waals surface area contributed by atoms with Crippen molar-refractivity contribution >= 4 is 17.3 Å². The van der Waals surface area contributed by atoms with Crippen LogP contribution in [0.5, 0.6) is 0 Å². The summed E-state index contributed by atoms with van der Waals surface area (Å²) in [6.07, 6.45) is 8.22. The van der Waals surface area contributed by atoms with Crippen LogP contribution in [0.15, 0.2) is 12.2 Å². The minimum atomic E-state index is 0.116. The summed E-state index contributed by atoms with van der Waals surface area (Å²) in [5, 5.41) is 15.3. The van der Waals surface area contributed by atoms with Crippen molar-refractivity contribution in [2.24, 2.45) is 5.92 Å². The van der Waals surface area contributed by atoms with Gasteiger partial charge in [-0.1, -0.05) is 12.2 Å². The average Bonchev–Trinajstić information content (AvgIpc) is 2.25. The molecule has 0 bridgehead atoms. The van der Waals surface area contributed by atoms with E-state index in [9.17, 15) is 0 Å². The minimum Gasteiger partial charge on any atom is -0.395 e. The van der Waals surface area contributed by atoms with Crippen molar-refractivity contribution in [3.8, 4) is 0 Å². The maximum absolute atomic E-state index is 8.57. The van der Waals surface area contributed by atoms with Gasteiger partial charge in [-0.3, -0.25) is 0 Å². The molecule has 1 rings (SSSR count). The van der Waals surface area contributed by atoms with Crippen molar-refractivity contribution in [1.29, 1.82) is 0 Å². The third-order valence-corrected chi connectivity index (χ3v) is 2.56. The smallest absolute Gasteiger partial charge is 0.166 e. The summed E-state index contributed by atoms with van der Waals surface area (Å²) < 4.78 is 0. The Kier molecular flexibility index (Phi) is 5.56. The number of nitrogens with one attached hydrogen (secondary N) is 2. The molecule has 0 radical (unpaired) electrons. The van der Waals surface area contributed by atoms with Crippen molar-refractivity contribution in [3.05, 3.63) is 12.2 Å². The van der Waals surface area contributed by atoms with Gasteiger partial charge < -0.3 is 15.7 Å². The Morgan fingerprint density at radius 1 is 1.50 bits per heavy atom. The monoisotopic (exact) mass is 214 g/mol. The first kappa shape index (κ1) is 11.5. The molecule has 0 aliphatic heterocycles. The van der Waals surface area contributed by atoms with Gasteiger partial charge in [0.2, 0.25) is 0 Å². The van der Waals surface area contributed by atoms with Gasteiger partial charge in [0, 0.05) is 13.1 Å². The number of hydrogen-bond donors (Lipinski definition) is 3. The molecule has 0 amide bonds. The fourth-order valence-corrected chi connectivity index (χ4v) is 1.69. The third-order valence-electron chi connectivity index (χ3n) is 2.28. The molecule has 0 aromatic carbocycles. The molecule has 0 heterocycles. The topological polar surface area (TPSA) is 44.3 Å². The van der Waals surface area contributed by atoms with E-state index in [1.165, 1.54) is 19.3 Å². The summed E-state index contributed by atoms with van der Waals surface area (Å²) >= 11 is 5.03. The molecule has 4 heteroatoms. The van der Waals surface area contributed by atoms with Gasteiger partial charge in [0.05, 0.1) is 6.61 Å². The highest BCUT2D eigenvalue weighted by Crippen LogP contribution is 2.15. The van der Waals surface area contributed by atoms with Crippen molar-refractivity contribution in [2.75, 3.05) is 19.7 Å². The Bertz CT molecular complexity index is 206. The van der Waals surface area contributed by atoms with Crippen LogP contribution in [0.4, 0.5) is 0 Å². The second-order valence-electron chi connectivity index (χ2n) is 3.48. The maximum Gasteiger partial charge on any atom is 0.166 e. The largest absolute Gasteiger partial charge is 0.395 e. The van der Waals surface area contributed by atoms with Crippen LogP contribution in [0.3, 0.4) is 0 Å². The minimum absolute atomic E-state index is 0.116. The van der Waals surface area contributed by atoms with Crippen LogP contribution >= 0.6 is 12.2 Å². The quantitative estimate of drug-likeness (QED) is 0.478. The second-order valence-corrected chi connectivity index (χ2v) is 3.89. The van der Waals surface area contributed by atoms with Gasteiger partial charge in [-0.05, 0) is 37.4 Å². The molecular formula is C10H18N2OS. The Hall–Kier alpha value is -0.610. The molecular weight excluding hydrogens is 196 g/mol. The summed E-state index contributed by atoms with van der Waals surface area (Å²) in [7, 11) is 0. The normalized spacial score (nSPS) is 20.5. The molecule has 0 aromatic heterocycles. The lowest BCUT2D eigenvalue weighted by molar-refractivity contribution is 0.300. The average molecular weight is 214 g/mol. The van der Waals surface area contributed by atoms with Crippen LogP contribution in [0.25, 0.3) is 0 Å². The van der Waals surface area contributed by atoms with Crippen molar-refractivity contribution in [3.63, 3.8) is 0 Å². The summed E-state index contributed by atoms with van der Waals surface area (Å²) in [5.74, 6) is 0.609. The number of hydrogen-bond acceptors (Lipinski definition) is 2. The number of aliphatic hydroxyl groups is 1. The van der Waals surface area contributed by atoms with E-state index in [1.807, 2.05) is 0 Å². The highest BCUT2D eigenvalue weighted by molar-refractivity contribution is 7.80. The molecule has 0 saturated carbocycles. The Labute approximate surface area is 90.6 Å². The lowest BCUT2D eigenvalue weighted by Crippen LogP contribution is -2.39. The molecule has 3 N–H and O–H groups in total. The van der Waals surface area contributed by atoms with Gasteiger partial charge in [-0.25, -0.2) is 0 Å². The van der Waals surface area contributed by atoms with Crippen molar-refractivity contribution < 1.29 is 5.11 Å². The van der Waals surface area contributed by atoms with Crippen LogP contribution in [0.1, 0.15) is 19.3 Å². The fourth-order valence-electron chi connectivity index (χ4n) is 1.51. The molecule has 14 heavy (non-hydrogen) atoms. The van der Waals surface area contributed by atoms with E-state index >= 15 is 0 Å². The van der Waals surface area contributed by atoms with Crippen LogP contribution in [-0.2, 0) is 0 Å². The first-order chi connectivity index (χ1) is 6.83. The third kappa shape index (κ3) is 4.58. The van der Waals surface area contributed by atoms with Gasteiger partial charge in [0.1, 0.15) is 0 Å². The van der Waals surface area contributed by atoms with Gasteiger partial charge in [0.25, 0.3) is 0 Å². The number of rotatable bonds is 4. The SMILES string of the molecule is OCCNC(=S)NCC1C=CCCC1. The summed E-state index contributed by atoms with van der Waals surface area (Å²) in [5.41, 5.74) is 0. The molecule has 80 valence electrons. The second kappa shape index (κ2) is 6.79. The highest BCUT2D eigenvalue weighted by Gasteiger charge is 2.07. The van der Waals surface area contributed by atoms with Crippen LogP contribution < -0.4 is 10.6 Å². The lowest BCUT2D eigenvalue weighted by Gasteiger charge is -2.18. The molecule has 0 saturated heterocycles. The van der Waals surface area contributed by atoms with E-state index in [4.69, 9.17) is 17.3 Å². The van der Waals surface area contributed by atoms with E-state index < -0.39 is 0 Å². The summed E-state index contributed by atoms with van der Waals surface area (Å²) in [6.45, 7) is 1.53. The predicted molar refractivity (Wildman–Crippen MR) is 62.2 cm³/mol. The van der Waals surface area contributed by atoms with E-state index in [0.29, 0.717) is 17.6 Å². The van der Waals surface area contributed by atoms with Gasteiger partial charge in [-0.2, -0.15) is 0 Å². The Morgan fingerprint density at radius 3 is 3.00 bits per heavy atom. The van der Waals surface area contributed by atoms with E-state index in [0.717, 1.165) is 6.54 Å².